The quantitative estimate of drug-likeness (QED) is 0.870. The van der Waals surface area contributed by atoms with Crippen LogP contribution in [0.3, 0.4) is 0 Å². The third-order valence-corrected chi connectivity index (χ3v) is 2.98. The average Bonchev–Trinajstić information content (AvgIpc) is 2.92. The van der Waals surface area contributed by atoms with Gasteiger partial charge in [-0.05, 0) is 17.7 Å². The van der Waals surface area contributed by atoms with Gasteiger partial charge in [-0.2, -0.15) is 8.75 Å². The van der Waals surface area contributed by atoms with Crippen molar-refractivity contribution >= 4 is 17.6 Å². The van der Waals surface area contributed by atoms with Crippen molar-refractivity contribution in [3.8, 4) is 5.75 Å². The lowest BCUT2D eigenvalue weighted by atomic mass is 10.2. The van der Waals surface area contributed by atoms with Crippen molar-refractivity contribution in [3.63, 3.8) is 0 Å². The number of carbonyl (C=O) groups excluding carboxylic acids is 1. The summed E-state index contributed by atoms with van der Waals surface area (Å²) in [6.45, 7) is 0.239. The van der Waals surface area contributed by atoms with Gasteiger partial charge in [0.1, 0.15) is 5.75 Å². The topological polar surface area (TPSA) is 55.3 Å². The van der Waals surface area contributed by atoms with Crippen LogP contribution in [-0.2, 0) is 6.54 Å². The molecule has 21 heavy (non-hydrogen) atoms. The number of halogens is 3. The van der Waals surface area contributed by atoms with E-state index in [1.54, 1.807) is 7.05 Å². The molecule has 2 aromatic rings. The molecule has 112 valence electrons. The molecule has 0 radical (unpaired) electrons. The smallest absolute Gasteiger partial charge is 0.406 e. The first-order valence-corrected chi connectivity index (χ1v) is 6.46. The van der Waals surface area contributed by atoms with Gasteiger partial charge in [-0.25, -0.2) is 0 Å². The number of hydrogen-bond donors (Lipinski definition) is 0. The normalized spacial score (nSPS) is 11.2. The van der Waals surface area contributed by atoms with E-state index in [0.29, 0.717) is 5.56 Å². The first-order valence-electron chi connectivity index (χ1n) is 5.73. The van der Waals surface area contributed by atoms with E-state index in [9.17, 15) is 18.0 Å². The Kier molecular flexibility index (Phi) is 4.41. The van der Waals surface area contributed by atoms with Gasteiger partial charge in [0.2, 0.25) is 0 Å². The third kappa shape index (κ3) is 4.42. The minimum atomic E-state index is -4.72. The van der Waals surface area contributed by atoms with E-state index in [1.165, 1.54) is 35.4 Å². The predicted molar refractivity (Wildman–Crippen MR) is 68.8 cm³/mol. The number of aromatic nitrogens is 2. The zero-order valence-electron chi connectivity index (χ0n) is 10.8. The molecular formula is C12H10F3N3O2S. The number of carbonyl (C=O) groups is 1. The molecule has 0 aliphatic carbocycles. The maximum atomic E-state index is 12.0. The number of benzene rings is 1. The second kappa shape index (κ2) is 6.08. The van der Waals surface area contributed by atoms with Crippen LogP contribution in [0.2, 0.25) is 0 Å². The van der Waals surface area contributed by atoms with E-state index >= 15 is 0 Å². The molecule has 1 amide bonds. The summed E-state index contributed by atoms with van der Waals surface area (Å²) in [7, 11) is 1.57. The SMILES string of the molecule is CN(Cc1ccc(OC(F)(F)F)cc1)C(=O)c1cnsn1. The van der Waals surface area contributed by atoms with Gasteiger partial charge in [0.15, 0.2) is 5.69 Å². The Bertz CT molecular complexity index is 599. The fraction of sp³-hybridized carbons (Fsp3) is 0.250. The van der Waals surface area contributed by atoms with Crippen molar-refractivity contribution in [1.82, 2.24) is 13.6 Å². The van der Waals surface area contributed by atoms with E-state index < -0.39 is 6.36 Å². The third-order valence-electron chi connectivity index (χ3n) is 2.50. The van der Waals surface area contributed by atoms with E-state index in [0.717, 1.165) is 11.7 Å². The lowest BCUT2D eigenvalue weighted by molar-refractivity contribution is -0.274. The molecule has 0 atom stereocenters. The summed E-state index contributed by atoms with van der Waals surface area (Å²) in [5.74, 6) is -0.608. The summed E-state index contributed by atoms with van der Waals surface area (Å²) < 4.78 is 47.4. The Hall–Kier alpha value is -2.16. The standard InChI is InChI=1S/C12H10F3N3O2S/c1-18(11(19)10-6-16-21-17-10)7-8-2-4-9(5-3-8)20-12(13,14)15/h2-6H,7H2,1H3. The summed E-state index contributed by atoms with van der Waals surface area (Å²) in [5, 5.41) is 0. The molecule has 0 saturated heterocycles. The number of ether oxygens (including phenoxy) is 1. The fourth-order valence-corrected chi connectivity index (χ4v) is 2.00. The second-order valence-corrected chi connectivity index (χ2v) is 4.70. The predicted octanol–water partition coefficient (Wildman–Crippen LogP) is 2.71. The molecular weight excluding hydrogens is 307 g/mol. The van der Waals surface area contributed by atoms with E-state index in [4.69, 9.17) is 0 Å². The highest BCUT2D eigenvalue weighted by Crippen LogP contribution is 2.23. The maximum Gasteiger partial charge on any atom is 0.573 e. The summed E-state index contributed by atoms with van der Waals surface area (Å²) in [4.78, 5) is 13.3. The van der Waals surface area contributed by atoms with E-state index in [-0.39, 0.29) is 23.9 Å². The molecule has 0 aliphatic heterocycles. The largest absolute Gasteiger partial charge is 0.573 e. The number of rotatable bonds is 4. The molecule has 0 unspecified atom stereocenters. The molecule has 1 aromatic carbocycles. The van der Waals surface area contributed by atoms with Crippen LogP contribution in [0.25, 0.3) is 0 Å². The highest BCUT2D eigenvalue weighted by molar-refractivity contribution is 6.99. The lowest BCUT2D eigenvalue weighted by Gasteiger charge is -2.16. The molecule has 0 saturated carbocycles. The van der Waals surface area contributed by atoms with Crippen LogP contribution in [0.4, 0.5) is 13.2 Å². The van der Waals surface area contributed by atoms with Crippen LogP contribution in [0.15, 0.2) is 30.5 Å². The summed E-state index contributed by atoms with van der Waals surface area (Å²) >= 11 is 0.928. The molecule has 1 heterocycles. The minimum absolute atomic E-state index is 0.236. The monoisotopic (exact) mass is 317 g/mol. The van der Waals surface area contributed by atoms with Crippen molar-refractivity contribution in [2.45, 2.75) is 12.9 Å². The van der Waals surface area contributed by atoms with Crippen molar-refractivity contribution in [2.24, 2.45) is 0 Å². The van der Waals surface area contributed by atoms with E-state index in [2.05, 4.69) is 13.5 Å². The lowest BCUT2D eigenvalue weighted by Crippen LogP contribution is -2.26. The van der Waals surface area contributed by atoms with Gasteiger partial charge in [0.25, 0.3) is 5.91 Å². The van der Waals surface area contributed by atoms with Crippen LogP contribution < -0.4 is 4.74 Å². The number of nitrogens with zero attached hydrogens (tertiary/aromatic N) is 3. The Morgan fingerprint density at radius 1 is 1.33 bits per heavy atom. The van der Waals surface area contributed by atoms with Gasteiger partial charge >= 0.3 is 6.36 Å². The molecule has 1 aromatic heterocycles. The molecule has 0 N–H and O–H groups in total. The molecule has 0 fully saturated rings. The Labute approximate surface area is 122 Å². The van der Waals surface area contributed by atoms with Crippen molar-refractivity contribution in [2.75, 3.05) is 7.05 Å². The summed E-state index contributed by atoms with van der Waals surface area (Å²) in [6.07, 6.45) is -3.35. The molecule has 2 rings (SSSR count). The first kappa shape index (κ1) is 15.2. The fourth-order valence-electron chi connectivity index (χ4n) is 1.60. The van der Waals surface area contributed by atoms with Crippen LogP contribution in [0.1, 0.15) is 16.1 Å². The highest BCUT2D eigenvalue weighted by atomic mass is 32.1. The van der Waals surface area contributed by atoms with Gasteiger partial charge in [0, 0.05) is 13.6 Å². The highest BCUT2D eigenvalue weighted by Gasteiger charge is 2.30. The summed E-state index contributed by atoms with van der Waals surface area (Å²) in [5.41, 5.74) is 0.906. The molecule has 9 heteroatoms. The molecule has 5 nitrogen and oxygen atoms in total. The van der Waals surface area contributed by atoms with Gasteiger partial charge in [-0.3, -0.25) is 4.79 Å². The Morgan fingerprint density at radius 2 is 2.00 bits per heavy atom. The number of amides is 1. The minimum Gasteiger partial charge on any atom is -0.406 e. The van der Waals surface area contributed by atoms with Crippen LogP contribution >= 0.6 is 11.7 Å². The molecule has 0 aliphatic rings. The average molecular weight is 317 g/mol. The van der Waals surface area contributed by atoms with Crippen molar-refractivity contribution < 1.29 is 22.7 Å². The van der Waals surface area contributed by atoms with E-state index in [1.807, 2.05) is 0 Å². The van der Waals surface area contributed by atoms with Gasteiger partial charge < -0.3 is 9.64 Å². The maximum absolute atomic E-state index is 12.0. The van der Waals surface area contributed by atoms with Crippen LogP contribution in [0.5, 0.6) is 5.75 Å². The van der Waals surface area contributed by atoms with Crippen LogP contribution in [-0.4, -0.2) is 33.0 Å². The zero-order chi connectivity index (χ0) is 15.5. The van der Waals surface area contributed by atoms with Crippen molar-refractivity contribution in [3.05, 3.63) is 41.7 Å². The van der Waals surface area contributed by atoms with Crippen molar-refractivity contribution in [1.29, 1.82) is 0 Å². The number of hydrogen-bond acceptors (Lipinski definition) is 5. The second-order valence-electron chi connectivity index (χ2n) is 4.15. The van der Waals surface area contributed by atoms with Crippen LogP contribution in [0, 0.1) is 0 Å². The Morgan fingerprint density at radius 3 is 2.52 bits per heavy atom. The van der Waals surface area contributed by atoms with Gasteiger partial charge in [0.05, 0.1) is 17.9 Å². The zero-order valence-corrected chi connectivity index (χ0v) is 11.6. The summed E-state index contributed by atoms with van der Waals surface area (Å²) in [6, 6.07) is 5.32. The number of alkyl halides is 3. The molecule has 0 spiro atoms. The Balaban J connectivity index is 1.98. The van der Waals surface area contributed by atoms with Gasteiger partial charge in [-0.15, -0.1) is 13.2 Å². The van der Waals surface area contributed by atoms with Gasteiger partial charge in [-0.1, -0.05) is 12.1 Å². The molecule has 0 bridgehead atoms. The first-order chi connectivity index (χ1) is 9.85.